The summed E-state index contributed by atoms with van der Waals surface area (Å²) in [7, 11) is 0. The topological polar surface area (TPSA) is 86.1 Å². The van der Waals surface area contributed by atoms with Gasteiger partial charge in [0.2, 0.25) is 17.9 Å². The molecule has 0 saturated heterocycles. The molecule has 2 unspecified atom stereocenters. The second-order valence-corrected chi connectivity index (χ2v) is 7.65. The van der Waals surface area contributed by atoms with E-state index in [-0.39, 0.29) is 12.0 Å². The Labute approximate surface area is 173 Å². The Morgan fingerprint density at radius 1 is 1.24 bits per heavy atom. The van der Waals surface area contributed by atoms with Gasteiger partial charge in [-0.25, -0.2) is 4.98 Å². The molecule has 2 aromatic heterocycles. The first-order valence-corrected chi connectivity index (χ1v) is 10.3. The first kappa shape index (κ1) is 19.4. The summed E-state index contributed by atoms with van der Waals surface area (Å²) < 4.78 is 17.1. The Morgan fingerprint density at radius 2 is 2.14 bits per heavy atom. The maximum absolute atomic E-state index is 5.65. The number of ether oxygens (including phenoxy) is 2. The molecule has 3 aromatic rings. The van der Waals surface area contributed by atoms with E-state index in [1.165, 1.54) is 17.1 Å². The van der Waals surface area contributed by atoms with Gasteiger partial charge in [0.1, 0.15) is 18.3 Å². The predicted molar refractivity (Wildman–Crippen MR) is 112 cm³/mol. The lowest BCUT2D eigenvalue weighted by Gasteiger charge is -2.21. The Bertz CT molecular complexity index is 912. The van der Waals surface area contributed by atoms with E-state index in [1.807, 2.05) is 12.3 Å². The van der Waals surface area contributed by atoms with Crippen molar-refractivity contribution in [3.8, 4) is 5.95 Å². The molecule has 0 radical (unpaired) electrons. The zero-order valence-corrected chi connectivity index (χ0v) is 17.0. The Hall–Kier alpha value is -2.91. The van der Waals surface area contributed by atoms with Crippen LogP contribution >= 0.6 is 11.5 Å². The third-order valence-corrected chi connectivity index (χ3v) is 5.31. The summed E-state index contributed by atoms with van der Waals surface area (Å²) in [5, 5.41) is 7.72. The number of benzene rings is 1. The smallest absolute Gasteiger partial charge is 0.248 e. The average molecular weight is 413 g/mol. The van der Waals surface area contributed by atoms with E-state index < -0.39 is 0 Å². The van der Waals surface area contributed by atoms with Gasteiger partial charge in [-0.3, -0.25) is 4.57 Å². The molecule has 1 aliphatic rings. The van der Waals surface area contributed by atoms with Crippen molar-refractivity contribution < 1.29 is 9.47 Å². The summed E-state index contributed by atoms with van der Waals surface area (Å²) in [5.74, 6) is 1.75. The van der Waals surface area contributed by atoms with Crippen LogP contribution in [0.15, 0.2) is 61.1 Å². The highest BCUT2D eigenvalue weighted by atomic mass is 32.1. The van der Waals surface area contributed by atoms with Crippen LogP contribution in [0.4, 0.5) is 5.13 Å². The van der Waals surface area contributed by atoms with Crippen LogP contribution in [0.25, 0.3) is 5.95 Å². The van der Waals surface area contributed by atoms with Gasteiger partial charge in [0, 0.05) is 49.0 Å². The fourth-order valence-corrected chi connectivity index (χ4v) is 3.64. The molecule has 8 nitrogen and oxygen atoms in total. The molecule has 0 aliphatic carbocycles. The van der Waals surface area contributed by atoms with Gasteiger partial charge in [-0.1, -0.05) is 30.3 Å². The standard InChI is InChI=1S/C20H24N6O2S/c1-15(10-23-20-24-19(25-29-20)26-8-7-21-13-26)22-11-17(18-12-27-14-28-18)9-16-5-3-2-4-6-16/h2-8,12-13,15,17,22H,9-11,14H2,1H3,(H,23,24,25). The highest BCUT2D eigenvalue weighted by Gasteiger charge is 2.21. The van der Waals surface area contributed by atoms with E-state index in [9.17, 15) is 0 Å². The minimum atomic E-state index is 0.219. The van der Waals surface area contributed by atoms with E-state index in [0.29, 0.717) is 12.7 Å². The molecule has 2 atom stereocenters. The van der Waals surface area contributed by atoms with E-state index in [1.54, 1.807) is 23.4 Å². The van der Waals surface area contributed by atoms with Crippen LogP contribution in [-0.2, 0) is 15.9 Å². The number of hydrogen-bond acceptors (Lipinski definition) is 8. The van der Waals surface area contributed by atoms with Crippen LogP contribution in [0.1, 0.15) is 12.5 Å². The number of anilines is 1. The van der Waals surface area contributed by atoms with Crippen LogP contribution < -0.4 is 10.6 Å². The van der Waals surface area contributed by atoms with Gasteiger partial charge < -0.3 is 20.1 Å². The van der Waals surface area contributed by atoms with Crippen molar-refractivity contribution in [1.82, 2.24) is 24.2 Å². The van der Waals surface area contributed by atoms with Crippen LogP contribution in [0.3, 0.4) is 0 Å². The van der Waals surface area contributed by atoms with Crippen molar-refractivity contribution >= 4 is 16.7 Å². The van der Waals surface area contributed by atoms with Gasteiger partial charge in [0.25, 0.3) is 0 Å². The van der Waals surface area contributed by atoms with Crippen molar-refractivity contribution in [2.24, 2.45) is 5.92 Å². The molecule has 3 heterocycles. The van der Waals surface area contributed by atoms with Crippen LogP contribution in [0, 0.1) is 5.92 Å². The molecule has 0 saturated carbocycles. The third-order valence-electron chi connectivity index (χ3n) is 4.64. The molecule has 2 N–H and O–H groups in total. The number of nitrogens with zero attached hydrogens (tertiary/aromatic N) is 4. The van der Waals surface area contributed by atoms with E-state index in [2.05, 4.69) is 56.2 Å². The highest BCUT2D eigenvalue weighted by Crippen LogP contribution is 2.22. The second kappa shape index (κ2) is 9.53. The molecule has 0 spiro atoms. The quantitative estimate of drug-likeness (QED) is 0.529. The molecule has 0 amide bonds. The van der Waals surface area contributed by atoms with Crippen molar-refractivity contribution in [3.63, 3.8) is 0 Å². The molecule has 1 aromatic carbocycles. The monoisotopic (exact) mass is 412 g/mol. The van der Waals surface area contributed by atoms with Gasteiger partial charge in [-0.2, -0.15) is 9.36 Å². The largest absolute Gasteiger partial charge is 0.462 e. The van der Waals surface area contributed by atoms with Gasteiger partial charge in [0.05, 0.1) is 0 Å². The predicted octanol–water partition coefficient (Wildman–Crippen LogP) is 2.82. The lowest BCUT2D eigenvalue weighted by atomic mass is 9.97. The summed E-state index contributed by atoms with van der Waals surface area (Å²) in [6.07, 6.45) is 7.85. The number of hydrogen-bond donors (Lipinski definition) is 2. The molecular formula is C20H24N6O2S. The molecule has 4 rings (SSSR count). The van der Waals surface area contributed by atoms with Gasteiger partial charge in [-0.05, 0) is 18.9 Å². The van der Waals surface area contributed by atoms with Gasteiger partial charge >= 0.3 is 0 Å². The minimum absolute atomic E-state index is 0.219. The first-order valence-electron chi connectivity index (χ1n) is 9.55. The minimum Gasteiger partial charge on any atom is -0.462 e. The lowest BCUT2D eigenvalue weighted by Crippen LogP contribution is -2.37. The van der Waals surface area contributed by atoms with Crippen LogP contribution in [0.2, 0.25) is 0 Å². The SMILES string of the molecule is CC(CNc1nc(-n2ccnc2)ns1)NCC(Cc1ccccc1)C1=COCO1. The molecule has 0 fully saturated rings. The van der Waals surface area contributed by atoms with Crippen molar-refractivity contribution in [3.05, 3.63) is 66.6 Å². The van der Waals surface area contributed by atoms with E-state index in [0.717, 1.165) is 30.4 Å². The third kappa shape index (κ3) is 5.33. The van der Waals surface area contributed by atoms with Crippen molar-refractivity contribution in [1.29, 1.82) is 0 Å². The zero-order valence-electron chi connectivity index (χ0n) is 16.2. The lowest BCUT2D eigenvalue weighted by molar-refractivity contribution is 0.0702. The summed E-state index contributed by atoms with van der Waals surface area (Å²) in [4.78, 5) is 8.50. The normalized spacial score (nSPS) is 15.3. The fourth-order valence-electron chi connectivity index (χ4n) is 3.06. The van der Waals surface area contributed by atoms with Crippen molar-refractivity contribution in [2.75, 3.05) is 25.2 Å². The fraction of sp³-hybridized carbons (Fsp3) is 0.350. The second-order valence-electron chi connectivity index (χ2n) is 6.90. The molecule has 152 valence electrons. The Balaban J connectivity index is 1.28. The molecule has 9 heteroatoms. The zero-order chi connectivity index (χ0) is 19.9. The van der Waals surface area contributed by atoms with E-state index in [4.69, 9.17) is 9.47 Å². The highest BCUT2D eigenvalue weighted by molar-refractivity contribution is 7.09. The average Bonchev–Trinajstić information content (AvgIpc) is 3.51. The number of rotatable bonds is 10. The van der Waals surface area contributed by atoms with Crippen LogP contribution in [0.5, 0.6) is 0 Å². The molecule has 1 aliphatic heterocycles. The number of aromatic nitrogens is 4. The molecule has 29 heavy (non-hydrogen) atoms. The van der Waals surface area contributed by atoms with Crippen LogP contribution in [-0.4, -0.2) is 44.8 Å². The van der Waals surface area contributed by atoms with E-state index >= 15 is 0 Å². The van der Waals surface area contributed by atoms with Gasteiger partial charge in [0.15, 0.2) is 0 Å². The Kier molecular flexibility index (Phi) is 6.38. The number of imidazole rings is 1. The summed E-state index contributed by atoms with van der Waals surface area (Å²) in [6.45, 7) is 3.98. The maximum Gasteiger partial charge on any atom is 0.248 e. The van der Waals surface area contributed by atoms with Gasteiger partial charge in [-0.15, -0.1) is 0 Å². The Morgan fingerprint density at radius 3 is 2.90 bits per heavy atom. The first-order chi connectivity index (χ1) is 14.3. The molecule has 0 bridgehead atoms. The number of nitrogens with one attached hydrogen (secondary N) is 2. The maximum atomic E-state index is 5.65. The van der Waals surface area contributed by atoms with Crippen molar-refractivity contribution in [2.45, 2.75) is 19.4 Å². The summed E-state index contributed by atoms with van der Waals surface area (Å²) in [5.41, 5.74) is 1.28. The molecular weight excluding hydrogens is 388 g/mol. The summed E-state index contributed by atoms with van der Waals surface area (Å²) in [6, 6.07) is 10.7. The summed E-state index contributed by atoms with van der Waals surface area (Å²) >= 11 is 1.34.